The second-order valence-corrected chi connectivity index (χ2v) is 2.65. The van der Waals surface area contributed by atoms with Gasteiger partial charge in [0.25, 0.3) is 5.91 Å². The zero-order valence-corrected chi connectivity index (χ0v) is 6.47. The Balaban J connectivity index is 5.01. The molecule has 0 bridgehead atoms. The van der Waals surface area contributed by atoms with Gasteiger partial charge in [-0.3, -0.25) is 9.69 Å². The van der Waals surface area contributed by atoms with Gasteiger partial charge < -0.3 is 5.73 Å². The van der Waals surface area contributed by atoms with E-state index in [9.17, 15) is 13.2 Å². The minimum Gasteiger partial charge on any atom is -0.364 e. The first-order chi connectivity index (χ1) is 4.46. The van der Waals surface area contributed by atoms with Gasteiger partial charge in [-0.25, -0.2) is 0 Å². The molecule has 0 aliphatic heterocycles. The molecule has 0 aliphatic rings. The number of carbonyl (C=O) groups is 1. The first-order valence-corrected chi connectivity index (χ1v) is 3.47. The third-order valence-electron chi connectivity index (χ3n) is 0.775. The normalized spacial score (nSPS) is 9.50. The Bertz CT molecular complexity index is 256. The Morgan fingerprint density at radius 2 is 1.80 bits per heavy atom. The van der Waals surface area contributed by atoms with Crippen molar-refractivity contribution in [1.82, 2.24) is 4.90 Å². The van der Waals surface area contributed by atoms with Crippen molar-refractivity contribution in [3.05, 3.63) is 0 Å². The summed E-state index contributed by atoms with van der Waals surface area (Å²) in [5, 5.41) is 0. The summed E-state index contributed by atoms with van der Waals surface area (Å²) in [6.45, 7) is 0. The number of hydrogen-bond donors (Lipinski definition) is 1. The zero-order chi connectivity index (χ0) is 8.31. The van der Waals surface area contributed by atoms with Crippen molar-refractivity contribution in [2.75, 3.05) is 14.1 Å². The average molecular weight is 164 g/mol. The molecule has 0 radical (unpaired) electrons. The standard InChI is InChI=1S/C4H8N2O3S/c1-6(2)4(3(5)7)10(8)9/h1-2H3,(H2,5,7). The van der Waals surface area contributed by atoms with Gasteiger partial charge in [0.2, 0.25) is 15.3 Å². The van der Waals surface area contributed by atoms with Crippen LogP contribution in [0, 0.1) is 0 Å². The molecule has 10 heavy (non-hydrogen) atoms. The number of hydrogen-bond acceptors (Lipinski definition) is 3. The maximum Gasteiger partial charge on any atom is 0.275 e. The minimum absolute atomic E-state index is 0.417. The maximum absolute atomic E-state index is 10.3. The first-order valence-electron chi connectivity index (χ1n) is 2.40. The summed E-state index contributed by atoms with van der Waals surface area (Å²) in [4.78, 5) is 11.1. The molecule has 6 heteroatoms. The number of amides is 1. The lowest BCUT2D eigenvalue weighted by atomic mass is 10.6. The van der Waals surface area contributed by atoms with E-state index in [1.807, 2.05) is 0 Å². The van der Waals surface area contributed by atoms with E-state index in [4.69, 9.17) is 5.73 Å². The van der Waals surface area contributed by atoms with Gasteiger partial charge in [0.15, 0.2) is 0 Å². The quantitative estimate of drug-likeness (QED) is 0.422. The molecule has 0 aromatic carbocycles. The van der Waals surface area contributed by atoms with Crippen LogP contribution >= 0.6 is 0 Å². The van der Waals surface area contributed by atoms with E-state index >= 15 is 0 Å². The van der Waals surface area contributed by atoms with Crippen LogP contribution in [-0.4, -0.2) is 38.3 Å². The van der Waals surface area contributed by atoms with Crippen LogP contribution in [0.4, 0.5) is 0 Å². The van der Waals surface area contributed by atoms with Gasteiger partial charge in [0.05, 0.1) is 0 Å². The van der Waals surface area contributed by atoms with Crippen LogP contribution in [0.15, 0.2) is 0 Å². The molecule has 0 aromatic rings. The SMILES string of the molecule is CN(C)C(C(N)=O)=S(=O)=O. The van der Waals surface area contributed by atoms with E-state index in [0.29, 0.717) is 0 Å². The monoisotopic (exact) mass is 164 g/mol. The molecule has 2 N–H and O–H groups in total. The highest BCUT2D eigenvalue weighted by molar-refractivity contribution is 7.74. The molecular formula is C4H8N2O3S. The van der Waals surface area contributed by atoms with Gasteiger partial charge in [-0.1, -0.05) is 0 Å². The minimum atomic E-state index is -2.55. The van der Waals surface area contributed by atoms with Crippen molar-refractivity contribution in [3.63, 3.8) is 0 Å². The van der Waals surface area contributed by atoms with Gasteiger partial charge in [0, 0.05) is 0 Å². The molecule has 0 rings (SSSR count). The van der Waals surface area contributed by atoms with Crippen molar-refractivity contribution in [2.45, 2.75) is 0 Å². The van der Waals surface area contributed by atoms with Gasteiger partial charge in [0.1, 0.15) is 0 Å². The van der Waals surface area contributed by atoms with Gasteiger partial charge in [-0.2, -0.15) is 8.42 Å². The highest BCUT2D eigenvalue weighted by atomic mass is 32.2. The smallest absolute Gasteiger partial charge is 0.275 e. The number of rotatable bonds is 0. The van der Waals surface area contributed by atoms with Crippen LogP contribution in [0.3, 0.4) is 0 Å². The van der Waals surface area contributed by atoms with Gasteiger partial charge >= 0.3 is 0 Å². The van der Waals surface area contributed by atoms with E-state index in [-0.39, 0.29) is 0 Å². The first kappa shape index (κ1) is 9.12. The van der Waals surface area contributed by atoms with Gasteiger partial charge in [-0.15, -0.1) is 0 Å². The Morgan fingerprint density at radius 1 is 1.40 bits per heavy atom. The third-order valence-corrected chi connectivity index (χ3v) is 1.66. The summed E-state index contributed by atoms with van der Waals surface area (Å²) in [5.41, 5.74) is 4.73. The second kappa shape index (κ2) is 3.33. The fourth-order valence-corrected chi connectivity index (χ4v) is 0.914. The molecule has 0 saturated heterocycles. The topological polar surface area (TPSA) is 80.5 Å². The molecule has 0 aromatic heterocycles. The van der Waals surface area contributed by atoms with Crippen molar-refractivity contribution in [3.8, 4) is 0 Å². The van der Waals surface area contributed by atoms with Crippen molar-refractivity contribution in [1.29, 1.82) is 0 Å². The number of primary amides is 1. The molecule has 0 heterocycles. The molecule has 0 saturated carbocycles. The van der Waals surface area contributed by atoms with Crippen LogP contribution in [0.5, 0.6) is 0 Å². The highest BCUT2D eigenvalue weighted by Crippen LogP contribution is 1.76. The van der Waals surface area contributed by atoms with Crippen molar-refractivity contribution < 1.29 is 13.2 Å². The van der Waals surface area contributed by atoms with Gasteiger partial charge in [-0.05, 0) is 14.1 Å². The fourth-order valence-electron chi connectivity index (χ4n) is 0.452. The summed E-state index contributed by atoms with van der Waals surface area (Å²) >= 11 is 0. The zero-order valence-electron chi connectivity index (χ0n) is 5.66. The van der Waals surface area contributed by atoms with E-state index in [2.05, 4.69) is 0 Å². The molecule has 0 unspecified atom stereocenters. The highest BCUT2D eigenvalue weighted by Gasteiger charge is 2.10. The predicted octanol–water partition coefficient (Wildman–Crippen LogP) is -1.96. The number of carbonyl (C=O) groups excluding carboxylic acids is 1. The van der Waals surface area contributed by atoms with E-state index in [1.165, 1.54) is 14.1 Å². The average Bonchev–Trinajstić information content (AvgIpc) is 1.59. The van der Waals surface area contributed by atoms with E-state index in [0.717, 1.165) is 4.90 Å². The molecule has 0 aliphatic carbocycles. The molecule has 0 fully saturated rings. The Labute approximate surface area is 60.0 Å². The Hall–Kier alpha value is -0.880. The largest absolute Gasteiger partial charge is 0.364 e. The number of nitrogens with two attached hydrogens (primary N) is 1. The summed E-state index contributed by atoms with van der Waals surface area (Å²) < 4.78 is 20.4. The fraction of sp³-hybridized carbons (Fsp3) is 0.500. The third kappa shape index (κ3) is 2.16. The van der Waals surface area contributed by atoms with Crippen LogP contribution in [0.25, 0.3) is 0 Å². The summed E-state index contributed by atoms with van der Waals surface area (Å²) in [5.74, 6) is -0.946. The Kier molecular flexibility index (Phi) is 3.04. The van der Waals surface area contributed by atoms with Crippen LogP contribution in [-0.2, 0) is 15.1 Å². The predicted molar refractivity (Wildman–Crippen MR) is 36.8 cm³/mol. The van der Waals surface area contributed by atoms with Crippen molar-refractivity contribution >= 4 is 21.2 Å². The van der Waals surface area contributed by atoms with Crippen LogP contribution in [0.1, 0.15) is 0 Å². The molecule has 5 nitrogen and oxygen atoms in total. The molecule has 1 amide bonds. The molecular weight excluding hydrogens is 156 g/mol. The molecule has 0 atom stereocenters. The number of nitrogens with zero attached hydrogens (tertiary/aromatic N) is 1. The Morgan fingerprint density at radius 3 is 1.80 bits per heavy atom. The summed E-state index contributed by atoms with van der Waals surface area (Å²) in [7, 11) is 0.307. The van der Waals surface area contributed by atoms with Crippen LogP contribution in [0.2, 0.25) is 0 Å². The molecule has 0 spiro atoms. The number of likely N-dealkylation sites (N-methyl/N-ethyl adjacent to an activating group) is 1. The van der Waals surface area contributed by atoms with Crippen molar-refractivity contribution in [2.24, 2.45) is 5.73 Å². The second-order valence-electron chi connectivity index (χ2n) is 1.80. The lowest BCUT2D eigenvalue weighted by Gasteiger charge is -2.04. The van der Waals surface area contributed by atoms with Crippen LogP contribution < -0.4 is 5.73 Å². The lowest BCUT2D eigenvalue weighted by Crippen LogP contribution is -2.35. The lowest BCUT2D eigenvalue weighted by molar-refractivity contribution is -0.112. The summed E-state index contributed by atoms with van der Waals surface area (Å²) in [6, 6.07) is 0. The molecule has 58 valence electrons. The van der Waals surface area contributed by atoms with E-state index < -0.39 is 21.2 Å². The van der Waals surface area contributed by atoms with E-state index in [1.54, 1.807) is 0 Å². The summed E-state index contributed by atoms with van der Waals surface area (Å²) in [6.07, 6.45) is 0. The maximum atomic E-state index is 10.3.